The summed E-state index contributed by atoms with van der Waals surface area (Å²) in [5, 5.41) is 29.0. The van der Waals surface area contributed by atoms with Gasteiger partial charge in [-0.25, -0.2) is 9.97 Å². The van der Waals surface area contributed by atoms with Crippen molar-refractivity contribution in [3.05, 3.63) is 48.3 Å². The Morgan fingerprint density at radius 3 is 2.67 bits per heavy atom. The molecule has 4 N–H and O–H groups in total. The van der Waals surface area contributed by atoms with Crippen LogP contribution in [-0.4, -0.2) is 30.6 Å². The predicted molar refractivity (Wildman–Crippen MR) is 87.4 cm³/mol. The number of H-pyrrole nitrogens is 1. The number of benzene rings is 1. The minimum absolute atomic E-state index is 0.00837. The number of anilines is 3. The van der Waals surface area contributed by atoms with E-state index in [0.717, 1.165) is 11.3 Å². The molecule has 24 heavy (non-hydrogen) atoms. The van der Waals surface area contributed by atoms with Gasteiger partial charge in [-0.1, -0.05) is 30.3 Å². The molecule has 0 radical (unpaired) electrons. The summed E-state index contributed by atoms with van der Waals surface area (Å²) in [6.45, 7) is 0. The second-order valence-corrected chi connectivity index (χ2v) is 5.69. The molecule has 1 aliphatic carbocycles. The quantitative estimate of drug-likeness (QED) is 0.534. The maximum absolute atomic E-state index is 9.39. The number of nitrogens with one attached hydrogen (secondary N) is 2. The molecule has 4 rings (SSSR count). The van der Waals surface area contributed by atoms with Crippen molar-refractivity contribution in [3.63, 3.8) is 0 Å². The number of hydrogen-bond donors (Lipinski definition) is 4. The summed E-state index contributed by atoms with van der Waals surface area (Å²) in [4.78, 5) is 8.57. The molecular weight excluding hydrogens is 308 g/mol. The van der Waals surface area contributed by atoms with Crippen LogP contribution in [0.25, 0.3) is 11.4 Å². The second kappa shape index (κ2) is 5.91. The molecule has 122 valence electrons. The van der Waals surface area contributed by atoms with Crippen molar-refractivity contribution in [3.8, 4) is 11.4 Å². The Kier molecular flexibility index (Phi) is 3.60. The van der Waals surface area contributed by atoms with E-state index in [9.17, 15) is 10.4 Å². The lowest BCUT2D eigenvalue weighted by atomic mass is 10.2. The first-order valence-corrected chi connectivity index (χ1v) is 7.63. The molecule has 0 atom stereocenters. The summed E-state index contributed by atoms with van der Waals surface area (Å²) in [5.74, 6) is 1.84. The fraction of sp³-hybridized carbons (Fsp3) is 0.188. The molecule has 0 bridgehead atoms. The zero-order chi connectivity index (χ0) is 16.5. The summed E-state index contributed by atoms with van der Waals surface area (Å²) in [7, 11) is 0. The van der Waals surface area contributed by atoms with Crippen molar-refractivity contribution >= 4 is 17.3 Å². The number of aromatic nitrogens is 4. The first-order chi connectivity index (χ1) is 11.7. The maximum Gasteiger partial charge on any atom is 0.164 e. The highest BCUT2D eigenvalue weighted by atomic mass is 16.8. The van der Waals surface area contributed by atoms with E-state index in [1.165, 1.54) is 19.0 Å². The van der Waals surface area contributed by atoms with E-state index in [1.54, 1.807) is 0 Å². The van der Waals surface area contributed by atoms with Gasteiger partial charge in [-0.3, -0.25) is 15.5 Å². The summed E-state index contributed by atoms with van der Waals surface area (Å²) in [6, 6.07) is 11.4. The summed E-state index contributed by atoms with van der Waals surface area (Å²) in [6.07, 6.45) is 3.67. The van der Waals surface area contributed by atoms with E-state index in [4.69, 9.17) is 0 Å². The number of aromatic amines is 1. The minimum Gasteiger partial charge on any atom is -0.321 e. The van der Waals surface area contributed by atoms with Crippen LogP contribution in [0.2, 0.25) is 0 Å². The van der Waals surface area contributed by atoms with Crippen LogP contribution in [0, 0.1) is 0 Å². The van der Waals surface area contributed by atoms with Gasteiger partial charge >= 0.3 is 0 Å². The number of nitrogens with zero attached hydrogens (tertiary/aromatic N) is 4. The van der Waals surface area contributed by atoms with Crippen molar-refractivity contribution in [2.24, 2.45) is 0 Å². The van der Waals surface area contributed by atoms with Crippen molar-refractivity contribution in [2.45, 2.75) is 18.8 Å². The molecule has 1 aromatic carbocycles. The third kappa shape index (κ3) is 2.92. The molecule has 2 aromatic heterocycles. The molecule has 0 aliphatic heterocycles. The van der Waals surface area contributed by atoms with Gasteiger partial charge in [0.2, 0.25) is 0 Å². The highest BCUT2D eigenvalue weighted by molar-refractivity contribution is 5.70. The Bertz CT molecular complexity index is 845. The SMILES string of the molecule is ON(O)c1cnc(-c2ccccc2)nc1Nc1cc(C2CC2)[nH]n1. The largest absolute Gasteiger partial charge is 0.321 e. The van der Waals surface area contributed by atoms with Crippen LogP contribution in [0.3, 0.4) is 0 Å². The van der Waals surface area contributed by atoms with Gasteiger partial charge in [-0.15, -0.1) is 5.23 Å². The second-order valence-electron chi connectivity index (χ2n) is 5.69. The third-order valence-electron chi connectivity index (χ3n) is 3.88. The molecule has 8 nitrogen and oxygen atoms in total. The van der Waals surface area contributed by atoms with Crippen LogP contribution in [0.15, 0.2) is 42.6 Å². The van der Waals surface area contributed by atoms with Crippen molar-refractivity contribution < 1.29 is 10.4 Å². The van der Waals surface area contributed by atoms with Gasteiger partial charge < -0.3 is 5.32 Å². The molecule has 0 spiro atoms. The van der Waals surface area contributed by atoms with Gasteiger partial charge in [0.15, 0.2) is 23.1 Å². The van der Waals surface area contributed by atoms with E-state index >= 15 is 0 Å². The van der Waals surface area contributed by atoms with Crippen molar-refractivity contribution in [2.75, 3.05) is 10.5 Å². The smallest absolute Gasteiger partial charge is 0.164 e. The molecule has 3 aromatic rings. The van der Waals surface area contributed by atoms with Gasteiger partial charge in [0, 0.05) is 23.2 Å². The Morgan fingerprint density at radius 2 is 1.96 bits per heavy atom. The van der Waals surface area contributed by atoms with Crippen LogP contribution < -0.4 is 10.5 Å². The topological polar surface area (TPSA) is 110 Å². The fourth-order valence-electron chi connectivity index (χ4n) is 2.47. The molecule has 8 heteroatoms. The van der Waals surface area contributed by atoms with Crippen LogP contribution in [0.5, 0.6) is 0 Å². The van der Waals surface area contributed by atoms with Crippen molar-refractivity contribution in [1.29, 1.82) is 0 Å². The highest BCUT2D eigenvalue weighted by Gasteiger charge is 2.25. The lowest BCUT2D eigenvalue weighted by Crippen LogP contribution is -2.14. The van der Waals surface area contributed by atoms with Gasteiger partial charge in [0.25, 0.3) is 0 Å². The van der Waals surface area contributed by atoms with E-state index in [0.29, 0.717) is 17.6 Å². The predicted octanol–water partition coefficient (Wildman–Crippen LogP) is 3.07. The summed E-state index contributed by atoms with van der Waals surface area (Å²) in [5.41, 5.74) is 1.93. The Labute approximate surface area is 137 Å². The fourth-order valence-corrected chi connectivity index (χ4v) is 2.47. The zero-order valence-electron chi connectivity index (χ0n) is 12.7. The standard InChI is InChI=1S/C16H16N6O2/c23-22(24)13-9-17-15(11-4-2-1-3-5-11)19-16(13)18-14-8-12(20-21-14)10-6-7-10/h1-5,8-10,23-24H,6-7H2,(H2,17,18,19,20,21). The Balaban J connectivity index is 1.67. The highest BCUT2D eigenvalue weighted by Crippen LogP contribution is 2.40. The lowest BCUT2D eigenvalue weighted by molar-refractivity contribution is 0.0292. The normalized spacial score (nSPS) is 13.8. The molecule has 1 aliphatic rings. The average Bonchev–Trinajstić information content (AvgIpc) is 3.35. The molecular formula is C16H16N6O2. The molecule has 2 heterocycles. The summed E-state index contributed by atoms with van der Waals surface area (Å²) >= 11 is 0. The Hall–Kier alpha value is -2.97. The van der Waals surface area contributed by atoms with Gasteiger partial charge in [-0.05, 0) is 12.8 Å². The number of hydrogen-bond acceptors (Lipinski definition) is 7. The van der Waals surface area contributed by atoms with Gasteiger partial charge in [0.05, 0.1) is 6.20 Å². The minimum atomic E-state index is -0.00837. The van der Waals surface area contributed by atoms with E-state index in [-0.39, 0.29) is 16.7 Å². The Morgan fingerprint density at radius 1 is 1.17 bits per heavy atom. The molecule has 1 saturated carbocycles. The van der Waals surface area contributed by atoms with Crippen LogP contribution in [0.1, 0.15) is 24.5 Å². The van der Waals surface area contributed by atoms with Crippen LogP contribution >= 0.6 is 0 Å². The van der Waals surface area contributed by atoms with Gasteiger partial charge in [-0.2, -0.15) is 5.10 Å². The molecule has 0 amide bonds. The zero-order valence-corrected chi connectivity index (χ0v) is 12.7. The monoisotopic (exact) mass is 324 g/mol. The van der Waals surface area contributed by atoms with E-state index in [2.05, 4.69) is 25.5 Å². The molecule has 0 unspecified atom stereocenters. The molecule has 0 saturated heterocycles. The summed E-state index contributed by atoms with van der Waals surface area (Å²) < 4.78 is 0. The van der Waals surface area contributed by atoms with E-state index in [1.807, 2.05) is 36.4 Å². The van der Waals surface area contributed by atoms with Crippen molar-refractivity contribution in [1.82, 2.24) is 20.2 Å². The third-order valence-corrected chi connectivity index (χ3v) is 3.88. The first-order valence-electron chi connectivity index (χ1n) is 7.63. The lowest BCUT2D eigenvalue weighted by Gasteiger charge is -2.13. The van der Waals surface area contributed by atoms with Crippen LogP contribution in [0.4, 0.5) is 17.3 Å². The first kappa shape index (κ1) is 14.6. The maximum atomic E-state index is 9.39. The molecule has 1 fully saturated rings. The average molecular weight is 324 g/mol. The van der Waals surface area contributed by atoms with E-state index < -0.39 is 0 Å². The van der Waals surface area contributed by atoms with Crippen LogP contribution in [-0.2, 0) is 0 Å². The van der Waals surface area contributed by atoms with Gasteiger partial charge in [0.1, 0.15) is 0 Å². The number of rotatable bonds is 5.